The van der Waals surface area contributed by atoms with E-state index in [4.69, 9.17) is 0 Å². The Kier molecular flexibility index (Phi) is 4.79. The number of anilines is 1. The van der Waals surface area contributed by atoms with Crippen molar-refractivity contribution in [2.75, 3.05) is 31.1 Å². The van der Waals surface area contributed by atoms with Gasteiger partial charge in [0.05, 0.1) is 4.92 Å². The highest BCUT2D eigenvalue weighted by Crippen LogP contribution is 2.23. The van der Waals surface area contributed by atoms with Crippen molar-refractivity contribution < 1.29 is 18.5 Å². The van der Waals surface area contributed by atoms with Gasteiger partial charge in [0.15, 0.2) is 11.6 Å². The normalized spacial score (nSPS) is 14.4. The van der Waals surface area contributed by atoms with Crippen LogP contribution in [0.25, 0.3) is 0 Å². The predicted octanol–water partition coefficient (Wildman–Crippen LogP) is 2.54. The Morgan fingerprint density at radius 3 is 2.42 bits per heavy atom. The van der Waals surface area contributed by atoms with Gasteiger partial charge < -0.3 is 9.80 Å². The number of nitro groups is 1. The molecular weight excluding hydrogens is 346 g/mol. The molecule has 1 aliphatic rings. The highest BCUT2D eigenvalue weighted by Gasteiger charge is 2.25. The molecule has 1 fully saturated rings. The maximum Gasteiger partial charge on any atom is 0.287 e. The summed E-state index contributed by atoms with van der Waals surface area (Å²) in [5.41, 5.74) is 0.708. The molecule has 3 rings (SSSR count). The van der Waals surface area contributed by atoms with E-state index in [2.05, 4.69) is 4.98 Å². The van der Waals surface area contributed by atoms with Gasteiger partial charge in [-0.15, -0.1) is 0 Å². The number of benzene rings is 1. The smallest absolute Gasteiger partial charge is 0.287 e. The molecule has 9 heteroatoms. The van der Waals surface area contributed by atoms with E-state index in [0.717, 1.165) is 12.1 Å². The van der Waals surface area contributed by atoms with Crippen molar-refractivity contribution in [3.63, 3.8) is 0 Å². The lowest BCUT2D eigenvalue weighted by Crippen LogP contribution is -2.49. The van der Waals surface area contributed by atoms with Crippen molar-refractivity contribution in [2.24, 2.45) is 0 Å². The summed E-state index contributed by atoms with van der Waals surface area (Å²) in [6, 6.07) is 4.55. The average Bonchev–Trinajstić information content (AvgIpc) is 2.63. The van der Waals surface area contributed by atoms with Gasteiger partial charge >= 0.3 is 0 Å². The number of nitrogens with zero attached hydrogens (tertiary/aromatic N) is 4. The molecule has 136 valence electrons. The third-order valence-electron chi connectivity index (χ3n) is 4.28. The number of halogens is 2. The Balaban J connectivity index is 1.68. The molecule has 1 aliphatic heterocycles. The summed E-state index contributed by atoms with van der Waals surface area (Å²) in [6.07, 6.45) is 1.21. The molecule has 0 aliphatic carbocycles. The van der Waals surface area contributed by atoms with Gasteiger partial charge in [-0.1, -0.05) is 0 Å². The molecule has 0 spiro atoms. The molecule has 2 heterocycles. The number of carbonyl (C=O) groups is 1. The second-order valence-corrected chi connectivity index (χ2v) is 6.00. The van der Waals surface area contributed by atoms with Crippen molar-refractivity contribution >= 4 is 17.4 Å². The molecule has 1 saturated heterocycles. The van der Waals surface area contributed by atoms with Crippen LogP contribution in [0.2, 0.25) is 0 Å². The Hall–Kier alpha value is -3.10. The Morgan fingerprint density at radius 1 is 1.15 bits per heavy atom. The first-order chi connectivity index (χ1) is 12.4. The van der Waals surface area contributed by atoms with Crippen molar-refractivity contribution in [2.45, 2.75) is 6.92 Å². The number of hydrogen-bond donors (Lipinski definition) is 0. The number of amides is 1. The number of piperazine rings is 1. The third kappa shape index (κ3) is 3.46. The molecular formula is C17H16F2N4O3. The van der Waals surface area contributed by atoms with E-state index in [9.17, 15) is 23.7 Å². The zero-order chi connectivity index (χ0) is 18.8. The highest BCUT2D eigenvalue weighted by atomic mass is 19.2. The van der Waals surface area contributed by atoms with Gasteiger partial charge in [0.2, 0.25) is 0 Å². The molecule has 0 N–H and O–H groups in total. The SMILES string of the molecule is Cc1cc([N+](=O)[O-])cnc1N1CCN(C(=O)c2ccc(F)c(F)c2)CC1. The maximum atomic E-state index is 13.3. The van der Waals surface area contributed by atoms with E-state index in [0.29, 0.717) is 37.6 Å². The topological polar surface area (TPSA) is 79.6 Å². The predicted molar refractivity (Wildman–Crippen MR) is 90.1 cm³/mol. The van der Waals surface area contributed by atoms with Gasteiger partial charge in [0, 0.05) is 37.8 Å². The number of rotatable bonds is 3. The lowest BCUT2D eigenvalue weighted by Gasteiger charge is -2.36. The zero-order valence-corrected chi connectivity index (χ0v) is 14.0. The Labute approximate surface area is 148 Å². The van der Waals surface area contributed by atoms with Crippen molar-refractivity contribution in [3.05, 3.63) is 63.3 Å². The summed E-state index contributed by atoms with van der Waals surface area (Å²) < 4.78 is 26.3. The molecule has 2 aromatic rings. The monoisotopic (exact) mass is 362 g/mol. The summed E-state index contributed by atoms with van der Waals surface area (Å²) in [4.78, 5) is 30.4. The average molecular weight is 362 g/mol. The third-order valence-corrected chi connectivity index (χ3v) is 4.28. The Morgan fingerprint density at radius 2 is 1.85 bits per heavy atom. The minimum absolute atomic E-state index is 0.0709. The van der Waals surface area contributed by atoms with Crippen LogP contribution in [-0.4, -0.2) is 46.9 Å². The van der Waals surface area contributed by atoms with Gasteiger partial charge in [0.25, 0.3) is 11.6 Å². The lowest BCUT2D eigenvalue weighted by molar-refractivity contribution is -0.385. The van der Waals surface area contributed by atoms with Crippen LogP contribution in [0.5, 0.6) is 0 Å². The molecule has 0 unspecified atom stereocenters. The van der Waals surface area contributed by atoms with E-state index in [1.54, 1.807) is 11.8 Å². The first kappa shape index (κ1) is 17.7. The first-order valence-electron chi connectivity index (χ1n) is 7.97. The number of carbonyl (C=O) groups excluding carboxylic acids is 1. The van der Waals surface area contributed by atoms with Crippen molar-refractivity contribution in [1.82, 2.24) is 9.88 Å². The van der Waals surface area contributed by atoms with Crippen LogP contribution in [0.1, 0.15) is 15.9 Å². The maximum absolute atomic E-state index is 13.3. The summed E-state index contributed by atoms with van der Waals surface area (Å²) in [6.45, 7) is 3.49. The van der Waals surface area contributed by atoms with Gasteiger partial charge in [0.1, 0.15) is 12.0 Å². The van der Waals surface area contributed by atoms with Crippen LogP contribution >= 0.6 is 0 Å². The van der Waals surface area contributed by atoms with Crippen molar-refractivity contribution in [3.8, 4) is 0 Å². The lowest BCUT2D eigenvalue weighted by atomic mass is 10.1. The van der Waals surface area contributed by atoms with E-state index >= 15 is 0 Å². The Bertz CT molecular complexity index is 867. The van der Waals surface area contributed by atoms with Crippen molar-refractivity contribution in [1.29, 1.82) is 0 Å². The van der Waals surface area contributed by atoms with Crippen LogP contribution < -0.4 is 4.90 Å². The van der Waals surface area contributed by atoms with Gasteiger partial charge in [-0.05, 0) is 30.7 Å². The number of pyridine rings is 1. The summed E-state index contributed by atoms with van der Waals surface area (Å²) in [5, 5.41) is 10.8. The van der Waals surface area contributed by atoms with Gasteiger partial charge in [-0.25, -0.2) is 13.8 Å². The van der Waals surface area contributed by atoms with Crippen LogP contribution in [0.4, 0.5) is 20.3 Å². The molecule has 0 radical (unpaired) electrons. The molecule has 7 nitrogen and oxygen atoms in total. The number of hydrogen-bond acceptors (Lipinski definition) is 5. The van der Waals surface area contributed by atoms with Crippen LogP contribution in [0.15, 0.2) is 30.5 Å². The van der Waals surface area contributed by atoms with Crippen LogP contribution in [0.3, 0.4) is 0 Å². The van der Waals surface area contributed by atoms with Gasteiger partial charge in [-0.3, -0.25) is 14.9 Å². The summed E-state index contributed by atoms with van der Waals surface area (Å²) >= 11 is 0. The highest BCUT2D eigenvalue weighted by molar-refractivity contribution is 5.94. The summed E-state index contributed by atoms with van der Waals surface area (Å²) in [5.74, 6) is -1.78. The molecule has 0 saturated carbocycles. The molecule has 0 atom stereocenters. The minimum Gasteiger partial charge on any atom is -0.353 e. The van der Waals surface area contributed by atoms with E-state index in [1.165, 1.54) is 18.3 Å². The standard InChI is InChI=1S/C17H16F2N4O3/c1-11-8-13(23(25)26)10-20-16(11)21-4-6-22(7-5-21)17(24)12-2-3-14(18)15(19)9-12/h2-3,8-10H,4-7H2,1H3. The van der Waals surface area contributed by atoms with Crippen LogP contribution in [-0.2, 0) is 0 Å². The van der Waals surface area contributed by atoms with E-state index in [1.807, 2.05) is 4.90 Å². The fourth-order valence-corrected chi connectivity index (χ4v) is 2.92. The first-order valence-corrected chi connectivity index (χ1v) is 7.97. The fraction of sp³-hybridized carbons (Fsp3) is 0.294. The zero-order valence-electron chi connectivity index (χ0n) is 14.0. The van der Waals surface area contributed by atoms with Crippen LogP contribution in [0, 0.1) is 28.7 Å². The van der Waals surface area contributed by atoms with E-state index in [-0.39, 0.29) is 17.2 Å². The molecule has 1 amide bonds. The van der Waals surface area contributed by atoms with E-state index < -0.39 is 16.6 Å². The second kappa shape index (κ2) is 7.03. The van der Waals surface area contributed by atoms with Gasteiger partial charge in [-0.2, -0.15) is 0 Å². The molecule has 1 aromatic heterocycles. The molecule has 0 bridgehead atoms. The molecule has 26 heavy (non-hydrogen) atoms. The second-order valence-electron chi connectivity index (χ2n) is 6.00. The summed E-state index contributed by atoms with van der Waals surface area (Å²) in [7, 11) is 0. The fourth-order valence-electron chi connectivity index (χ4n) is 2.92. The number of aryl methyl sites for hydroxylation is 1. The quantitative estimate of drug-likeness (QED) is 0.619. The largest absolute Gasteiger partial charge is 0.353 e. The molecule has 1 aromatic carbocycles. The minimum atomic E-state index is -1.06. The number of aromatic nitrogens is 1.